The summed E-state index contributed by atoms with van der Waals surface area (Å²) in [7, 11) is 0. The van der Waals surface area contributed by atoms with Crippen LogP contribution >= 0.6 is 0 Å². The maximum Gasteiger partial charge on any atom is -0.0256 e. The van der Waals surface area contributed by atoms with Crippen LogP contribution in [-0.2, 0) is 19.3 Å². The van der Waals surface area contributed by atoms with E-state index in [9.17, 15) is 0 Å². The summed E-state index contributed by atoms with van der Waals surface area (Å²) in [5.41, 5.74) is 4.37. The number of rotatable bonds is 9. The van der Waals surface area contributed by atoms with Crippen LogP contribution in [0.1, 0.15) is 77.5 Å². The van der Waals surface area contributed by atoms with E-state index >= 15 is 0 Å². The van der Waals surface area contributed by atoms with Gasteiger partial charge in [-0.1, -0.05) is 139 Å². The van der Waals surface area contributed by atoms with Crippen LogP contribution in [0.3, 0.4) is 0 Å². The second-order valence-electron chi connectivity index (χ2n) is 10.3. The minimum Gasteiger partial charge on any atom is -0.0628 e. The Morgan fingerprint density at radius 2 is 0.818 bits per heavy atom. The summed E-state index contributed by atoms with van der Waals surface area (Å²) < 4.78 is 0. The van der Waals surface area contributed by atoms with Crippen LogP contribution in [0.15, 0.2) is 91.0 Å². The van der Waals surface area contributed by atoms with E-state index < -0.39 is 0 Å². The lowest BCUT2D eigenvalue weighted by molar-refractivity contribution is 0.556. The van der Waals surface area contributed by atoms with E-state index in [2.05, 4.69) is 133 Å². The highest BCUT2D eigenvalue weighted by Gasteiger charge is 1.96. The molecule has 0 aliphatic heterocycles. The molecule has 0 atom stereocenters. The van der Waals surface area contributed by atoms with Crippen molar-refractivity contribution in [3.8, 4) is 0 Å². The highest BCUT2D eigenvalue weighted by atomic mass is 14.0. The van der Waals surface area contributed by atoms with Gasteiger partial charge in [0, 0.05) is 0 Å². The average Bonchev–Trinajstić information content (AvgIpc) is 2.80. The second-order valence-corrected chi connectivity index (χ2v) is 10.3. The second kappa shape index (κ2) is 18.1. The van der Waals surface area contributed by atoms with Crippen molar-refractivity contribution in [2.24, 2.45) is 17.8 Å². The van der Waals surface area contributed by atoms with Crippen LogP contribution in [0.25, 0.3) is 0 Å². The van der Waals surface area contributed by atoms with Gasteiger partial charge in [0.15, 0.2) is 0 Å². The van der Waals surface area contributed by atoms with Crippen molar-refractivity contribution >= 4 is 0 Å². The van der Waals surface area contributed by atoms with Crippen molar-refractivity contribution < 1.29 is 0 Å². The lowest BCUT2D eigenvalue weighted by atomic mass is 10.0. The van der Waals surface area contributed by atoms with Gasteiger partial charge in [-0.3, -0.25) is 0 Å². The van der Waals surface area contributed by atoms with Crippen LogP contribution in [0.5, 0.6) is 0 Å². The Labute approximate surface area is 205 Å². The smallest absolute Gasteiger partial charge is 0.0256 e. The molecule has 0 N–H and O–H groups in total. The molecule has 0 aromatic heterocycles. The zero-order chi connectivity index (χ0) is 24.3. The fraction of sp³-hybridized carbons (Fsp3) is 0.455. The normalized spacial score (nSPS) is 10.5. The Hall–Kier alpha value is -2.34. The highest BCUT2D eigenvalue weighted by Crippen LogP contribution is 2.09. The molecule has 180 valence electrons. The predicted octanol–water partition coefficient (Wildman–Crippen LogP) is 9.83. The molecule has 33 heavy (non-hydrogen) atoms. The zero-order valence-corrected chi connectivity index (χ0v) is 22.1. The summed E-state index contributed by atoms with van der Waals surface area (Å²) in [5.74, 6) is 2.42. The first kappa shape index (κ1) is 28.7. The van der Waals surface area contributed by atoms with Gasteiger partial charge in [-0.15, -0.1) is 0 Å². The molecule has 3 aromatic rings. The fourth-order valence-corrected chi connectivity index (χ4v) is 3.54. The van der Waals surface area contributed by atoms with Gasteiger partial charge < -0.3 is 0 Å². The van der Waals surface area contributed by atoms with Crippen LogP contribution < -0.4 is 0 Å². The first-order chi connectivity index (χ1) is 15.9. The maximum atomic E-state index is 2.28. The van der Waals surface area contributed by atoms with Crippen LogP contribution in [0, 0.1) is 17.8 Å². The molecule has 3 aromatic carbocycles. The van der Waals surface area contributed by atoms with Crippen molar-refractivity contribution in [3.63, 3.8) is 0 Å². The van der Waals surface area contributed by atoms with Gasteiger partial charge >= 0.3 is 0 Å². The van der Waals surface area contributed by atoms with E-state index in [0.717, 1.165) is 17.8 Å². The molecule has 0 unspecified atom stereocenters. The molecular weight excluding hydrogens is 396 g/mol. The first-order valence-corrected chi connectivity index (χ1v) is 13.0. The summed E-state index contributed by atoms with van der Waals surface area (Å²) in [6, 6.07) is 32.0. The van der Waals surface area contributed by atoms with E-state index in [-0.39, 0.29) is 0 Å². The Morgan fingerprint density at radius 1 is 0.424 bits per heavy atom. The van der Waals surface area contributed by atoms with Crippen LogP contribution in [0.2, 0.25) is 0 Å². The molecule has 3 rings (SSSR count). The molecule has 0 nitrogen and oxygen atoms in total. The Bertz CT molecular complexity index is 785. The van der Waals surface area contributed by atoms with Crippen molar-refractivity contribution in [1.29, 1.82) is 0 Å². The largest absolute Gasteiger partial charge is 0.0628 e. The first-order valence-electron chi connectivity index (χ1n) is 13.0. The molecule has 0 aliphatic carbocycles. The van der Waals surface area contributed by atoms with Crippen molar-refractivity contribution in [3.05, 3.63) is 108 Å². The van der Waals surface area contributed by atoms with Crippen LogP contribution in [-0.4, -0.2) is 0 Å². The van der Waals surface area contributed by atoms with E-state index in [0.29, 0.717) is 0 Å². The third kappa shape index (κ3) is 16.9. The molecule has 0 aliphatic rings. The molecule has 0 heterocycles. The maximum absolute atomic E-state index is 2.28. The monoisotopic (exact) mass is 444 g/mol. The summed E-state index contributed by atoms with van der Waals surface area (Å²) in [4.78, 5) is 0. The summed E-state index contributed by atoms with van der Waals surface area (Å²) in [5, 5.41) is 0. The average molecular weight is 445 g/mol. The van der Waals surface area contributed by atoms with Gasteiger partial charge in [-0.25, -0.2) is 0 Å². The molecule has 0 saturated heterocycles. The van der Waals surface area contributed by atoms with Gasteiger partial charge in [0.2, 0.25) is 0 Å². The quantitative estimate of drug-likeness (QED) is 0.308. The number of benzene rings is 3. The molecule has 0 fully saturated rings. The van der Waals surface area contributed by atoms with Gasteiger partial charge in [0.25, 0.3) is 0 Å². The summed E-state index contributed by atoms with van der Waals surface area (Å²) in [6.45, 7) is 13.6. The van der Waals surface area contributed by atoms with Crippen LogP contribution in [0.4, 0.5) is 0 Å². The third-order valence-electron chi connectivity index (χ3n) is 5.43. The highest BCUT2D eigenvalue weighted by molar-refractivity contribution is 5.16. The van der Waals surface area contributed by atoms with Gasteiger partial charge in [-0.05, 0) is 66.5 Å². The van der Waals surface area contributed by atoms with Crippen molar-refractivity contribution in [2.75, 3.05) is 0 Å². The molecule has 0 bridgehead atoms. The third-order valence-corrected chi connectivity index (χ3v) is 5.43. The molecule has 0 heteroatoms. The fourth-order valence-electron chi connectivity index (χ4n) is 3.54. The van der Waals surface area contributed by atoms with Gasteiger partial charge in [-0.2, -0.15) is 0 Å². The van der Waals surface area contributed by atoms with Crippen molar-refractivity contribution in [1.82, 2.24) is 0 Å². The minimum atomic E-state index is 0.766. The van der Waals surface area contributed by atoms with E-state index in [4.69, 9.17) is 0 Å². The number of hydrogen-bond donors (Lipinski definition) is 0. The predicted molar refractivity (Wildman–Crippen MR) is 149 cm³/mol. The molecule has 0 radical (unpaired) electrons. The molecular formula is C33H48. The minimum absolute atomic E-state index is 0.766. The molecule has 0 amide bonds. The summed E-state index contributed by atoms with van der Waals surface area (Å²) in [6.07, 6.45) is 7.61. The Morgan fingerprint density at radius 3 is 1.21 bits per heavy atom. The topological polar surface area (TPSA) is 0 Å². The lowest BCUT2D eigenvalue weighted by Gasteiger charge is -2.03. The van der Waals surface area contributed by atoms with Gasteiger partial charge in [0.05, 0.1) is 0 Å². The van der Waals surface area contributed by atoms with E-state index in [1.165, 1.54) is 55.2 Å². The van der Waals surface area contributed by atoms with Crippen molar-refractivity contribution in [2.45, 2.75) is 80.1 Å². The Kier molecular flexibility index (Phi) is 15.8. The molecule has 0 spiro atoms. The van der Waals surface area contributed by atoms with Gasteiger partial charge in [0.1, 0.15) is 0 Å². The number of aryl methyl sites for hydroxylation is 2. The van der Waals surface area contributed by atoms with E-state index in [1.54, 1.807) is 0 Å². The lowest BCUT2D eigenvalue weighted by Crippen LogP contribution is -1.92. The zero-order valence-electron chi connectivity index (χ0n) is 22.1. The van der Waals surface area contributed by atoms with E-state index in [1.807, 2.05) is 0 Å². The molecule has 0 saturated carbocycles. The number of hydrogen-bond acceptors (Lipinski definition) is 0. The Balaban J connectivity index is 0.000000249. The summed E-state index contributed by atoms with van der Waals surface area (Å²) >= 11 is 0. The standard InChI is InChI=1S/C12H18.C11H16.C10H14/c1-11(2)7-6-10-12-8-4-3-5-9-12;1-10(2)8-9-11-6-4-3-5-7-11;1-9(2)8-10-6-4-3-5-7-10/h3-5,8-9,11H,6-7,10H2,1-2H3;3-7,10H,8-9H2,1-2H3;3-7,9H,8H2,1-2H3. The SMILES string of the molecule is CC(C)CCCc1ccccc1.CC(C)CCc1ccccc1.CC(C)Cc1ccccc1.